The second-order valence-corrected chi connectivity index (χ2v) is 4.59. The van der Waals surface area contributed by atoms with Gasteiger partial charge in [-0.2, -0.15) is 0 Å². The Morgan fingerprint density at radius 2 is 2.12 bits per heavy atom. The van der Waals surface area contributed by atoms with Crippen LogP contribution in [0.5, 0.6) is 5.75 Å². The molecule has 94 valence electrons. The zero-order valence-electron chi connectivity index (χ0n) is 10.3. The van der Waals surface area contributed by atoms with E-state index in [1.165, 1.54) is 0 Å². The second kappa shape index (κ2) is 6.03. The summed E-state index contributed by atoms with van der Waals surface area (Å²) in [5.74, 6) is 0.825. The number of hydrogen-bond acceptors (Lipinski definition) is 3. The van der Waals surface area contributed by atoms with Gasteiger partial charge in [-0.3, -0.25) is 0 Å². The molecule has 0 aromatic heterocycles. The van der Waals surface area contributed by atoms with Crippen molar-refractivity contribution in [1.82, 2.24) is 0 Å². The molecule has 0 radical (unpaired) electrons. The molecule has 0 unspecified atom stereocenters. The average Bonchev–Trinajstić information content (AvgIpc) is 2.33. The molecule has 2 atom stereocenters. The molecule has 1 saturated carbocycles. The fourth-order valence-corrected chi connectivity index (χ4v) is 2.26. The number of rotatable bonds is 4. The fourth-order valence-electron chi connectivity index (χ4n) is 2.26. The Morgan fingerprint density at radius 3 is 2.88 bits per heavy atom. The van der Waals surface area contributed by atoms with Crippen LogP contribution in [0.3, 0.4) is 0 Å². The highest BCUT2D eigenvalue weighted by Crippen LogP contribution is 2.24. The maximum atomic E-state index is 9.85. The number of aliphatic hydroxyl groups excluding tert-OH is 1. The number of methoxy groups -OCH3 is 1. The van der Waals surface area contributed by atoms with E-state index >= 15 is 0 Å². The van der Waals surface area contributed by atoms with Crippen molar-refractivity contribution in [3.63, 3.8) is 0 Å². The van der Waals surface area contributed by atoms with Gasteiger partial charge in [0.15, 0.2) is 0 Å². The quantitative estimate of drug-likeness (QED) is 0.873. The van der Waals surface area contributed by atoms with Crippen LogP contribution in [0.4, 0.5) is 0 Å². The molecule has 1 aliphatic carbocycles. The molecule has 1 aromatic carbocycles. The maximum Gasteiger partial charge on any atom is 0.124 e. The molecular formula is C14H20O3. The van der Waals surface area contributed by atoms with Crippen molar-refractivity contribution in [1.29, 1.82) is 0 Å². The minimum atomic E-state index is -0.324. The van der Waals surface area contributed by atoms with Crippen LogP contribution in [-0.2, 0) is 11.3 Å². The van der Waals surface area contributed by atoms with Gasteiger partial charge < -0.3 is 14.6 Å². The molecule has 17 heavy (non-hydrogen) atoms. The smallest absolute Gasteiger partial charge is 0.124 e. The number of ether oxygens (including phenoxy) is 2. The maximum absolute atomic E-state index is 9.85. The molecule has 0 saturated heterocycles. The van der Waals surface area contributed by atoms with Gasteiger partial charge in [0.25, 0.3) is 0 Å². The van der Waals surface area contributed by atoms with Gasteiger partial charge in [0.05, 0.1) is 12.7 Å². The van der Waals surface area contributed by atoms with Crippen molar-refractivity contribution in [2.45, 2.75) is 44.5 Å². The van der Waals surface area contributed by atoms with Crippen LogP contribution < -0.4 is 4.74 Å². The molecule has 0 bridgehead atoms. The third-order valence-corrected chi connectivity index (χ3v) is 3.16. The molecule has 0 amide bonds. The summed E-state index contributed by atoms with van der Waals surface area (Å²) in [6.45, 7) is 0.588. The Balaban J connectivity index is 1.99. The summed E-state index contributed by atoms with van der Waals surface area (Å²) in [4.78, 5) is 0. The monoisotopic (exact) mass is 236 g/mol. The van der Waals surface area contributed by atoms with Gasteiger partial charge in [-0.1, -0.05) is 18.6 Å². The summed E-state index contributed by atoms with van der Waals surface area (Å²) in [5.41, 5.74) is 1.09. The lowest BCUT2D eigenvalue weighted by atomic mass is 9.95. The van der Waals surface area contributed by atoms with E-state index in [1.807, 2.05) is 24.3 Å². The highest BCUT2D eigenvalue weighted by molar-refractivity contribution is 5.28. The largest absolute Gasteiger partial charge is 0.488 e. The summed E-state index contributed by atoms with van der Waals surface area (Å²) >= 11 is 0. The van der Waals surface area contributed by atoms with Crippen molar-refractivity contribution in [3.05, 3.63) is 29.8 Å². The standard InChI is InChI=1S/C14H20O3/c1-16-10-11-5-4-6-12(9-11)17-14-8-3-2-7-13(14)15/h4-6,9,13-15H,2-3,7-8,10H2,1H3/t13-,14-/m0/s1. The normalized spacial score (nSPS) is 24.6. The van der Waals surface area contributed by atoms with Crippen LogP contribution >= 0.6 is 0 Å². The first-order valence-electron chi connectivity index (χ1n) is 6.22. The number of hydrogen-bond donors (Lipinski definition) is 1. The van der Waals surface area contributed by atoms with Crippen LogP contribution in [0, 0.1) is 0 Å². The van der Waals surface area contributed by atoms with E-state index in [9.17, 15) is 5.11 Å². The third-order valence-electron chi connectivity index (χ3n) is 3.16. The van der Waals surface area contributed by atoms with Crippen molar-refractivity contribution in [2.24, 2.45) is 0 Å². The second-order valence-electron chi connectivity index (χ2n) is 4.59. The molecule has 1 fully saturated rings. The van der Waals surface area contributed by atoms with Crippen LogP contribution in [0.25, 0.3) is 0 Å². The molecule has 3 nitrogen and oxygen atoms in total. The van der Waals surface area contributed by atoms with Crippen LogP contribution in [0.1, 0.15) is 31.2 Å². The predicted molar refractivity (Wildman–Crippen MR) is 66.0 cm³/mol. The molecule has 0 heterocycles. The Hall–Kier alpha value is -1.06. The molecule has 0 aliphatic heterocycles. The lowest BCUT2D eigenvalue weighted by Crippen LogP contribution is -2.34. The van der Waals surface area contributed by atoms with Crippen molar-refractivity contribution < 1.29 is 14.6 Å². The summed E-state index contributed by atoms with van der Waals surface area (Å²) in [6, 6.07) is 7.87. The van der Waals surface area contributed by atoms with Gasteiger partial charge in [-0.05, 0) is 37.0 Å². The molecule has 3 heteroatoms. The lowest BCUT2D eigenvalue weighted by molar-refractivity contribution is 0.00678. The van der Waals surface area contributed by atoms with E-state index in [0.717, 1.165) is 37.0 Å². The van der Waals surface area contributed by atoms with E-state index in [2.05, 4.69) is 0 Å². The van der Waals surface area contributed by atoms with Gasteiger partial charge in [-0.15, -0.1) is 0 Å². The summed E-state index contributed by atoms with van der Waals surface area (Å²) in [7, 11) is 1.68. The average molecular weight is 236 g/mol. The van der Waals surface area contributed by atoms with Crippen molar-refractivity contribution in [2.75, 3.05) is 7.11 Å². The zero-order chi connectivity index (χ0) is 12.1. The van der Waals surface area contributed by atoms with E-state index in [4.69, 9.17) is 9.47 Å². The van der Waals surface area contributed by atoms with E-state index in [0.29, 0.717) is 6.61 Å². The van der Waals surface area contributed by atoms with Crippen LogP contribution in [-0.4, -0.2) is 24.4 Å². The Morgan fingerprint density at radius 1 is 1.29 bits per heavy atom. The van der Waals surface area contributed by atoms with Gasteiger partial charge in [0.1, 0.15) is 11.9 Å². The number of aliphatic hydroxyl groups is 1. The molecular weight excluding hydrogens is 216 g/mol. The molecule has 2 rings (SSSR count). The highest BCUT2D eigenvalue weighted by atomic mass is 16.5. The number of benzene rings is 1. The Bertz CT molecular complexity index is 351. The van der Waals surface area contributed by atoms with E-state index in [1.54, 1.807) is 7.11 Å². The fraction of sp³-hybridized carbons (Fsp3) is 0.571. The lowest BCUT2D eigenvalue weighted by Gasteiger charge is -2.28. The van der Waals surface area contributed by atoms with Crippen LogP contribution in [0.15, 0.2) is 24.3 Å². The topological polar surface area (TPSA) is 38.7 Å². The first-order valence-corrected chi connectivity index (χ1v) is 6.22. The highest BCUT2D eigenvalue weighted by Gasteiger charge is 2.24. The van der Waals surface area contributed by atoms with E-state index in [-0.39, 0.29) is 12.2 Å². The molecule has 1 aromatic rings. The first kappa shape index (κ1) is 12.4. The Labute approximate surface area is 102 Å². The van der Waals surface area contributed by atoms with Crippen molar-refractivity contribution >= 4 is 0 Å². The van der Waals surface area contributed by atoms with Crippen LogP contribution in [0.2, 0.25) is 0 Å². The molecule has 1 N–H and O–H groups in total. The summed E-state index contributed by atoms with van der Waals surface area (Å²) < 4.78 is 10.9. The third kappa shape index (κ3) is 3.45. The zero-order valence-corrected chi connectivity index (χ0v) is 10.3. The Kier molecular flexibility index (Phi) is 4.40. The SMILES string of the molecule is COCc1cccc(O[C@H]2CCCC[C@@H]2O)c1. The minimum absolute atomic E-state index is 0.0541. The molecule has 0 spiro atoms. The van der Waals surface area contributed by atoms with Gasteiger partial charge in [0.2, 0.25) is 0 Å². The van der Waals surface area contributed by atoms with E-state index < -0.39 is 0 Å². The summed E-state index contributed by atoms with van der Waals surface area (Å²) in [5, 5.41) is 9.85. The molecule has 1 aliphatic rings. The first-order chi connectivity index (χ1) is 8.29. The van der Waals surface area contributed by atoms with Gasteiger partial charge >= 0.3 is 0 Å². The predicted octanol–water partition coefficient (Wildman–Crippen LogP) is 2.52. The minimum Gasteiger partial charge on any atom is -0.488 e. The van der Waals surface area contributed by atoms with Gasteiger partial charge in [-0.25, -0.2) is 0 Å². The summed E-state index contributed by atoms with van der Waals surface area (Å²) in [6.07, 6.45) is 3.65. The van der Waals surface area contributed by atoms with Gasteiger partial charge in [0, 0.05) is 7.11 Å². The van der Waals surface area contributed by atoms with Crippen molar-refractivity contribution in [3.8, 4) is 5.75 Å².